The van der Waals surface area contributed by atoms with Gasteiger partial charge in [-0.2, -0.15) is 0 Å². The van der Waals surface area contributed by atoms with Crippen LogP contribution in [0.5, 0.6) is 0 Å². The molecular formula is C15H20Cl2N2O2. The smallest absolute Gasteiger partial charge is 0.242 e. The summed E-state index contributed by atoms with van der Waals surface area (Å²) in [6.07, 6.45) is 1.95. The Hall–Kier alpha value is -1.26. The molecule has 0 spiro atoms. The second kappa shape index (κ2) is 8.25. The first-order valence-electron chi connectivity index (χ1n) is 6.83. The predicted octanol–water partition coefficient (Wildman–Crippen LogP) is 3.60. The third-order valence-electron chi connectivity index (χ3n) is 3.11. The molecule has 0 aromatic heterocycles. The second-order valence-corrected chi connectivity index (χ2v) is 5.77. The van der Waals surface area contributed by atoms with Crippen LogP contribution in [-0.4, -0.2) is 36.9 Å². The Morgan fingerprint density at radius 2 is 1.71 bits per heavy atom. The van der Waals surface area contributed by atoms with Crippen molar-refractivity contribution in [1.82, 2.24) is 4.90 Å². The molecule has 0 saturated carbocycles. The van der Waals surface area contributed by atoms with Crippen LogP contribution in [-0.2, 0) is 9.59 Å². The molecular weight excluding hydrogens is 311 g/mol. The van der Waals surface area contributed by atoms with Crippen LogP contribution in [0.3, 0.4) is 0 Å². The molecule has 1 aromatic carbocycles. The Kier molecular flexibility index (Phi) is 6.99. The lowest BCUT2D eigenvalue weighted by atomic mass is 10.2. The van der Waals surface area contributed by atoms with Crippen LogP contribution in [0.2, 0.25) is 10.0 Å². The van der Waals surface area contributed by atoms with Crippen molar-refractivity contribution in [3.8, 4) is 0 Å². The highest BCUT2D eigenvalue weighted by molar-refractivity contribution is 6.35. The van der Waals surface area contributed by atoms with E-state index in [-0.39, 0.29) is 18.4 Å². The largest absolute Gasteiger partial charge is 0.344 e. The summed E-state index contributed by atoms with van der Waals surface area (Å²) in [5, 5.41) is 0.853. The fraction of sp³-hybridized carbons (Fsp3) is 0.467. The van der Waals surface area contributed by atoms with Crippen molar-refractivity contribution < 1.29 is 9.59 Å². The van der Waals surface area contributed by atoms with Gasteiger partial charge in [0.2, 0.25) is 11.8 Å². The quantitative estimate of drug-likeness (QED) is 0.799. The molecule has 0 aliphatic heterocycles. The monoisotopic (exact) mass is 330 g/mol. The number of halogens is 2. The molecule has 0 unspecified atom stereocenters. The first kappa shape index (κ1) is 17.8. The van der Waals surface area contributed by atoms with Gasteiger partial charge in [-0.25, -0.2) is 0 Å². The molecule has 0 atom stereocenters. The fourth-order valence-electron chi connectivity index (χ4n) is 1.86. The van der Waals surface area contributed by atoms with Gasteiger partial charge in [0.15, 0.2) is 0 Å². The summed E-state index contributed by atoms with van der Waals surface area (Å²) in [5.74, 6) is -0.347. The molecule has 21 heavy (non-hydrogen) atoms. The Morgan fingerprint density at radius 1 is 1.14 bits per heavy atom. The molecule has 1 rings (SSSR count). The molecule has 0 saturated heterocycles. The zero-order valence-corrected chi connectivity index (χ0v) is 14.0. The normalized spacial score (nSPS) is 10.3. The molecule has 0 aliphatic carbocycles. The molecule has 0 fully saturated rings. The van der Waals surface area contributed by atoms with Crippen molar-refractivity contribution in [3.63, 3.8) is 0 Å². The summed E-state index contributed by atoms with van der Waals surface area (Å²) in [4.78, 5) is 27.0. The average molecular weight is 331 g/mol. The van der Waals surface area contributed by atoms with Crippen molar-refractivity contribution in [3.05, 3.63) is 28.2 Å². The molecule has 4 nitrogen and oxygen atoms in total. The number of unbranched alkanes of at least 4 members (excludes halogenated alkanes) is 1. The molecule has 2 amide bonds. The summed E-state index contributed by atoms with van der Waals surface area (Å²) >= 11 is 11.9. The van der Waals surface area contributed by atoms with Crippen molar-refractivity contribution in [2.75, 3.05) is 25.0 Å². The number of carbonyl (C=O) groups is 2. The topological polar surface area (TPSA) is 40.6 Å². The summed E-state index contributed by atoms with van der Waals surface area (Å²) in [6.45, 7) is 4.13. The fourth-order valence-corrected chi connectivity index (χ4v) is 2.37. The van der Waals surface area contributed by atoms with E-state index in [4.69, 9.17) is 23.2 Å². The number of amides is 2. The van der Waals surface area contributed by atoms with Gasteiger partial charge in [0.05, 0.1) is 0 Å². The van der Waals surface area contributed by atoms with Crippen LogP contribution >= 0.6 is 23.2 Å². The van der Waals surface area contributed by atoms with E-state index >= 15 is 0 Å². The van der Waals surface area contributed by atoms with E-state index in [0.29, 0.717) is 22.3 Å². The van der Waals surface area contributed by atoms with Crippen LogP contribution < -0.4 is 4.90 Å². The third-order valence-corrected chi connectivity index (χ3v) is 3.54. The molecule has 0 bridgehead atoms. The molecule has 0 radical (unpaired) electrons. The van der Waals surface area contributed by atoms with E-state index in [1.54, 1.807) is 30.1 Å². The molecule has 0 N–H and O–H groups in total. The Balaban J connectivity index is 2.87. The lowest BCUT2D eigenvalue weighted by Gasteiger charge is -2.24. The predicted molar refractivity (Wildman–Crippen MR) is 87.0 cm³/mol. The minimum Gasteiger partial charge on any atom is -0.344 e. The SMILES string of the molecule is CCCCN(C)C(=O)CN(C(C)=O)c1cc(Cl)cc(Cl)c1. The lowest BCUT2D eigenvalue weighted by molar-refractivity contribution is -0.130. The number of benzene rings is 1. The highest BCUT2D eigenvalue weighted by Gasteiger charge is 2.19. The van der Waals surface area contributed by atoms with Crippen LogP contribution in [0.1, 0.15) is 26.7 Å². The number of carbonyl (C=O) groups excluding carboxylic acids is 2. The maximum absolute atomic E-state index is 12.2. The number of likely N-dealkylation sites (N-methyl/N-ethyl adjacent to an activating group) is 1. The number of anilines is 1. The Morgan fingerprint density at radius 3 is 2.19 bits per heavy atom. The summed E-state index contributed by atoms with van der Waals surface area (Å²) in [7, 11) is 1.74. The maximum Gasteiger partial charge on any atom is 0.242 e. The van der Waals surface area contributed by atoms with Crippen molar-refractivity contribution in [2.45, 2.75) is 26.7 Å². The van der Waals surface area contributed by atoms with Crippen molar-refractivity contribution in [2.24, 2.45) is 0 Å². The number of hydrogen-bond donors (Lipinski definition) is 0. The molecule has 0 heterocycles. The van der Waals surface area contributed by atoms with Gasteiger partial charge in [-0.3, -0.25) is 9.59 Å². The Labute approximate surface area is 135 Å². The molecule has 0 aliphatic rings. The van der Waals surface area contributed by atoms with Gasteiger partial charge >= 0.3 is 0 Å². The van der Waals surface area contributed by atoms with Crippen molar-refractivity contribution in [1.29, 1.82) is 0 Å². The van der Waals surface area contributed by atoms with Gasteiger partial charge in [0.1, 0.15) is 6.54 Å². The number of hydrogen-bond acceptors (Lipinski definition) is 2. The van der Waals surface area contributed by atoms with E-state index in [1.165, 1.54) is 11.8 Å². The molecule has 6 heteroatoms. The standard InChI is InChI=1S/C15H20Cl2N2O2/c1-4-5-6-18(3)15(21)10-19(11(2)20)14-8-12(16)7-13(17)9-14/h7-9H,4-6,10H2,1-3H3. The summed E-state index contributed by atoms with van der Waals surface area (Å²) in [5.41, 5.74) is 0.525. The van der Waals surface area contributed by atoms with Crippen molar-refractivity contribution >= 4 is 40.7 Å². The van der Waals surface area contributed by atoms with Gasteiger partial charge in [-0.15, -0.1) is 0 Å². The van der Waals surface area contributed by atoms with Crippen LogP contribution in [0.4, 0.5) is 5.69 Å². The van der Waals surface area contributed by atoms with Gasteiger partial charge in [-0.1, -0.05) is 36.5 Å². The van der Waals surface area contributed by atoms with E-state index in [9.17, 15) is 9.59 Å². The van der Waals surface area contributed by atoms with Gasteiger partial charge in [-0.05, 0) is 24.6 Å². The summed E-state index contributed by atoms with van der Waals surface area (Å²) < 4.78 is 0. The first-order chi connectivity index (χ1) is 9.85. The highest BCUT2D eigenvalue weighted by atomic mass is 35.5. The van der Waals surface area contributed by atoms with Gasteiger partial charge in [0.25, 0.3) is 0 Å². The van der Waals surface area contributed by atoms with Crippen LogP contribution in [0.25, 0.3) is 0 Å². The van der Waals surface area contributed by atoms with E-state index in [2.05, 4.69) is 6.92 Å². The minimum atomic E-state index is -0.231. The minimum absolute atomic E-state index is 0.0216. The summed E-state index contributed by atoms with van der Waals surface area (Å²) in [6, 6.07) is 4.82. The molecule has 1 aromatic rings. The van der Waals surface area contributed by atoms with Crippen LogP contribution in [0, 0.1) is 0 Å². The van der Waals surface area contributed by atoms with Gasteiger partial charge in [0, 0.05) is 36.2 Å². The zero-order chi connectivity index (χ0) is 16.0. The van der Waals surface area contributed by atoms with Gasteiger partial charge < -0.3 is 9.80 Å². The van der Waals surface area contributed by atoms with Crippen LogP contribution in [0.15, 0.2) is 18.2 Å². The lowest BCUT2D eigenvalue weighted by Crippen LogP contribution is -2.41. The zero-order valence-electron chi connectivity index (χ0n) is 12.5. The number of rotatable bonds is 6. The first-order valence-corrected chi connectivity index (χ1v) is 7.59. The van der Waals surface area contributed by atoms with E-state index < -0.39 is 0 Å². The third kappa shape index (κ3) is 5.56. The molecule has 116 valence electrons. The average Bonchev–Trinajstić information content (AvgIpc) is 2.40. The van der Waals surface area contributed by atoms with E-state index in [1.807, 2.05) is 0 Å². The maximum atomic E-state index is 12.2. The Bertz CT molecular complexity index is 500. The second-order valence-electron chi connectivity index (χ2n) is 4.90. The van der Waals surface area contributed by atoms with E-state index in [0.717, 1.165) is 12.8 Å². The number of nitrogens with zero attached hydrogens (tertiary/aromatic N) is 2. The highest BCUT2D eigenvalue weighted by Crippen LogP contribution is 2.25.